The number of carbonyl (C=O) groups is 4. The number of hydrogen-bond acceptors (Lipinski definition) is 7. The first-order chi connectivity index (χ1) is 17.8. The first kappa shape index (κ1) is 29.1. The highest BCUT2D eigenvalue weighted by atomic mass is 16.6. The lowest BCUT2D eigenvalue weighted by atomic mass is 9.76. The summed E-state index contributed by atoms with van der Waals surface area (Å²) in [6.45, 7) is 11.9. The molecule has 6 atom stereocenters. The van der Waals surface area contributed by atoms with Gasteiger partial charge in [-0.2, -0.15) is 0 Å². The highest BCUT2D eigenvalue weighted by molar-refractivity contribution is 5.96. The summed E-state index contributed by atoms with van der Waals surface area (Å²) in [5.74, 6) is -2.96. The average molecular weight is 523 g/mol. The van der Waals surface area contributed by atoms with Crippen molar-refractivity contribution in [2.45, 2.75) is 72.7 Å². The number of hydrogen-bond donors (Lipinski definition) is 0. The van der Waals surface area contributed by atoms with Crippen LogP contribution in [-0.2, 0) is 28.6 Å². The van der Waals surface area contributed by atoms with Crippen molar-refractivity contribution in [3.8, 4) is 0 Å². The SMILES string of the molecule is CC(=O)OC1C(C)C=CC(C)(C)C(=O)C=CC(C)=CC2C(OC(=O)c3ccccc3)C(C)CC21OC(C)=O. The summed E-state index contributed by atoms with van der Waals surface area (Å²) in [5, 5.41) is 0. The van der Waals surface area contributed by atoms with E-state index in [9.17, 15) is 19.2 Å². The van der Waals surface area contributed by atoms with Crippen LogP contribution in [0.3, 0.4) is 0 Å². The maximum Gasteiger partial charge on any atom is 0.338 e. The van der Waals surface area contributed by atoms with Crippen LogP contribution < -0.4 is 0 Å². The predicted octanol–water partition coefficient (Wildman–Crippen LogP) is 5.41. The molecule has 1 saturated carbocycles. The molecular weight excluding hydrogens is 484 g/mol. The molecule has 0 amide bonds. The van der Waals surface area contributed by atoms with Crippen molar-refractivity contribution < 1.29 is 33.4 Å². The molecule has 0 bridgehead atoms. The van der Waals surface area contributed by atoms with Gasteiger partial charge in [0.1, 0.15) is 12.2 Å². The van der Waals surface area contributed by atoms with Gasteiger partial charge in [-0.1, -0.05) is 61.9 Å². The molecule has 7 heteroatoms. The lowest BCUT2D eigenvalue weighted by molar-refractivity contribution is -0.195. The molecule has 38 heavy (non-hydrogen) atoms. The fourth-order valence-corrected chi connectivity index (χ4v) is 5.49. The minimum absolute atomic E-state index is 0.0867. The molecule has 0 spiro atoms. The van der Waals surface area contributed by atoms with E-state index in [1.165, 1.54) is 19.9 Å². The Balaban J connectivity index is 2.23. The normalized spacial score (nSPS) is 30.8. The van der Waals surface area contributed by atoms with Crippen molar-refractivity contribution in [1.82, 2.24) is 0 Å². The molecule has 3 rings (SSSR count). The van der Waals surface area contributed by atoms with E-state index in [4.69, 9.17) is 14.2 Å². The molecule has 0 aromatic heterocycles. The van der Waals surface area contributed by atoms with Gasteiger partial charge >= 0.3 is 17.9 Å². The van der Waals surface area contributed by atoms with Gasteiger partial charge in [-0.25, -0.2) is 4.79 Å². The molecule has 0 heterocycles. The van der Waals surface area contributed by atoms with Crippen molar-refractivity contribution in [1.29, 1.82) is 0 Å². The van der Waals surface area contributed by atoms with Gasteiger partial charge in [-0.3, -0.25) is 14.4 Å². The Labute approximate surface area is 224 Å². The highest BCUT2D eigenvalue weighted by Gasteiger charge is 2.61. The zero-order valence-electron chi connectivity index (χ0n) is 23.2. The van der Waals surface area contributed by atoms with E-state index in [-0.39, 0.29) is 11.7 Å². The molecule has 0 N–H and O–H groups in total. The summed E-state index contributed by atoms with van der Waals surface area (Å²) in [6, 6.07) is 8.67. The molecule has 1 fully saturated rings. The van der Waals surface area contributed by atoms with Crippen molar-refractivity contribution >= 4 is 23.7 Å². The number of esters is 3. The van der Waals surface area contributed by atoms with Crippen LogP contribution in [-0.4, -0.2) is 41.5 Å². The van der Waals surface area contributed by atoms with E-state index < -0.39 is 53.0 Å². The summed E-state index contributed by atoms with van der Waals surface area (Å²) < 4.78 is 18.1. The topological polar surface area (TPSA) is 96.0 Å². The molecular formula is C31H38O7. The second kappa shape index (κ2) is 11.5. The van der Waals surface area contributed by atoms with Gasteiger partial charge in [0.25, 0.3) is 0 Å². The molecule has 0 saturated heterocycles. The molecule has 1 aromatic rings. The number of ether oxygens (including phenoxy) is 3. The second-order valence-corrected chi connectivity index (χ2v) is 11.1. The van der Waals surface area contributed by atoms with E-state index in [1.54, 1.807) is 36.4 Å². The summed E-state index contributed by atoms with van der Waals surface area (Å²) in [4.78, 5) is 51.0. The first-order valence-corrected chi connectivity index (χ1v) is 13.0. The minimum atomic E-state index is -1.31. The van der Waals surface area contributed by atoms with Crippen LogP contribution in [0.1, 0.15) is 65.2 Å². The van der Waals surface area contributed by atoms with Crippen LogP contribution in [0.5, 0.6) is 0 Å². The number of ketones is 1. The largest absolute Gasteiger partial charge is 0.458 e. The van der Waals surface area contributed by atoms with E-state index in [0.29, 0.717) is 12.0 Å². The highest BCUT2D eigenvalue weighted by Crippen LogP contribution is 2.50. The van der Waals surface area contributed by atoms with Crippen molar-refractivity contribution in [2.24, 2.45) is 23.2 Å². The van der Waals surface area contributed by atoms with Gasteiger partial charge in [0.15, 0.2) is 11.4 Å². The van der Waals surface area contributed by atoms with Gasteiger partial charge in [0.2, 0.25) is 0 Å². The van der Waals surface area contributed by atoms with E-state index in [0.717, 1.165) is 5.57 Å². The van der Waals surface area contributed by atoms with E-state index >= 15 is 0 Å². The molecule has 2 aliphatic carbocycles. The van der Waals surface area contributed by atoms with E-state index in [2.05, 4.69) is 0 Å². The van der Waals surface area contributed by atoms with Crippen LogP contribution in [0.2, 0.25) is 0 Å². The molecule has 0 radical (unpaired) electrons. The monoisotopic (exact) mass is 522 g/mol. The van der Waals surface area contributed by atoms with Gasteiger partial charge in [-0.15, -0.1) is 0 Å². The van der Waals surface area contributed by atoms with Crippen molar-refractivity contribution in [3.05, 3.63) is 71.8 Å². The number of carbonyl (C=O) groups excluding carboxylic acids is 4. The van der Waals surface area contributed by atoms with Crippen LogP contribution in [0.25, 0.3) is 0 Å². The molecule has 0 aliphatic heterocycles. The Morgan fingerprint density at radius 1 is 0.947 bits per heavy atom. The first-order valence-electron chi connectivity index (χ1n) is 13.0. The summed E-state index contributed by atoms with van der Waals surface area (Å²) in [7, 11) is 0. The Hall–Kier alpha value is -3.48. The maximum absolute atomic E-state index is 13.1. The predicted molar refractivity (Wildman–Crippen MR) is 143 cm³/mol. The number of allylic oxidation sites excluding steroid dienone is 4. The van der Waals surface area contributed by atoms with Gasteiger partial charge in [-0.05, 0) is 51.3 Å². The Morgan fingerprint density at radius 3 is 2.21 bits per heavy atom. The molecule has 1 aromatic carbocycles. The fraction of sp³-hybridized carbons (Fsp3) is 0.484. The smallest absolute Gasteiger partial charge is 0.338 e. The molecule has 2 aliphatic rings. The third-order valence-corrected chi connectivity index (χ3v) is 7.35. The van der Waals surface area contributed by atoms with E-state index in [1.807, 2.05) is 52.8 Å². The number of benzene rings is 1. The molecule has 204 valence electrons. The lowest BCUT2D eigenvalue weighted by Gasteiger charge is -2.42. The molecule has 6 unspecified atom stereocenters. The fourth-order valence-electron chi connectivity index (χ4n) is 5.49. The standard InChI is InChI=1S/C31H38O7/c1-19-13-14-26(34)30(6,7)16-15-20(2)28(36-22(4)32)31(38-23(5)33)18-21(3)27(25(31)17-19)37-29(35)24-11-9-8-10-12-24/h8-17,20-21,25,27-28H,18H2,1-7H3. The lowest BCUT2D eigenvalue weighted by Crippen LogP contribution is -2.54. The van der Waals surface area contributed by atoms with Crippen LogP contribution in [0.4, 0.5) is 0 Å². The zero-order chi connectivity index (χ0) is 28.3. The molecule has 7 nitrogen and oxygen atoms in total. The number of rotatable bonds is 4. The second-order valence-electron chi connectivity index (χ2n) is 11.1. The van der Waals surface area contributed by atoms with Gasteiger partial charge < -0.3 is 14.2 Å². The van der Waals surface area contributed by atoms with Crippen molar-refractivity contribution in [2.75, 3.05) is 0 Å². The summed E-state index contributed by atoms with van der Waals surface area (Å²) >= 11 is 0. The quantitative estimate of drug-likeness (QED) is 0.297. The minimum Gasteiger partial charge on any atom is -0.458 e. The van der Waals surface area contributed by atoms with Gasteiger partial charge in [0, 0.05) is 25.2 Å². The Morgan fingerprint density at radius 2 is 1.61 bits per heavy atom. The van der Waals surface area contributed by atoms with Crippen molar-refractivity contribution in [3.63, 3.8) is 0 Å². The number of fused-ring (bicyclic) bond motifs is 1. The summed E-state index contributed by atoms with van der Waals surface area (Å²) in [6.07, 6.45) is 7.44. The Bertz CT molecular complexity index is 1160. The maximum atomic E-state index is 13.1. The van der Waals surface area contributed by atoms with Gasteiger partial charge in [0.05, 0.1) is 11.5 Å². The van der Waals surface area contributed by atoms with Crippen LogP contribution in [0, 0.1) is 23.2 Å². The Kier molecular flexibility index (Phi) is 8.80. The zero-order valence-corrected chi connectivity index (χ0v) is 23.2. The van der Waals surface area contributed by atoms with Crippen LogP contribution in [0.15, 0.2) is 66.3 Å². The third kappa shape index (κ3) is 6.32. The third-order valence-electron chi connectivity index (χ3n) is 7.35. The summed E-state index contributed by atoms with van der Waals surface area (Å²) in [5.41, 5.74) is -0.982. The van der Waals surface area contributed by atoms with Crippen LogP contribution >= 0.6 is 0 Å². The average Bonchev–Trinajstić information content (AvgIpc) is 3.09.